The maximum absolute atomic E-state index is 13.3. The Labute approximate surface area is 176 Å². The second kappa shape index (κ2) is 9.37. The van der Waals surface area contributed by atoms with Gasteiger partial charge in [-0.2, -0.15) is 5.26 Å². The summed E-state index contributed by atoms with van der Waals surface area (Å²) in [6.07, 6.45) is 4.03. The molecule has 1 amide bonds. The predicted molar refractivity (Wildman–Crippen MR) is 111 cm³/mol. The van der Waals surface area contributed by atoms with Crippen LogP contribution < -0.4 is 10.0 Å². The number of nitriles is 1. The number of hydrogen-bond donors (Lipinski definition) is 2. The van der Waals surface area contributed by atoms with Gasteiger partial charge in [-0.1, -0.05) is 25.0 Å². The van der Waals surface area contributed by atoms with Gasteiger partial charge in [0.25, 0.3) is 5.91 Å². The smallest absolute Gasteiger partial charge is 0.251 e. The first kappa shape index (κ1) is 21.9. The van der Waals surface area contributed by atoms with Crippen LogP contribution in [0.15, 0.2) is 53.4 Å². The van der Waals surface area contributed by atoms with E-state index in [0.29, 0.717) is 12.1 Å². The number of hydrogen-bond acceptors (Lipinski definition) is 4. The van der Waals surface area contributed by atoms with Crippen LogP contribution in [0.25, 0.3) is 0 Å². The number of nitrogens with one attached hydrogen (secondary N) is 2. The summed E-state index contributed by atoms with van der Waals surface area (Å²) in [5.74, 6) is -0.571. The molecule has 0 saturated heterocycles. The van der Waals surface area contributed by atoms with Gasteiger partial charge in [0.05, 0.1) is 11.0 Å². The summed E-state index contributed by atoms with van der Waals surface area (Å²) in [4.78, 5) is 12.7. The minimum Gasteiger partial charge on any atom is -0.351 e. The van der Waals surface area contributed by atoms with E-state index in [1.54, 1.807) is 12.1 Å². The highest BCUT2D eigenvalue weighted by Gasteiger charge is 2.36. The van der Waals surface area contributed by atoms with Crippen molar-refractivity contribution >= 4 is 15.9 Å². The molecule has 8 heteroatoms. The average molecular weight is 430 g/mol. The van der Waals surface area contributed by atoms with E-state index in [0.717, 1.165) is 31.2 Å². The highest BCUT2D eigenvalue weighted by Crippen LogP contribution is 2.40. The molecule has 0 aromatic heterocycles. The van der Waals surface area contributed by atoms with Crippen LogP contribution in [0, 0.1) is 17.1 Å². The van der Waals surface area contributed by atoms with Crippen LogP contribution in [0.4, 0.5) is 4.39 Å². The Morgan fingerprint density at radius 1 is 1.07 bits per heavy atom. The summed E-state index contributed by atoms with van der Waals surface area (Å²) < 4.78 is 40.0. The van der Waals surface area contributed by atoms with Gasteiger partial charge in [0, 0.05) is 30.5 Å². The van der Waals surface area contributed by atoms with Gasteiger partial charge in [-0.25, -0.2) is 17.5 Å². The summed E-state index contributed by atoms with van der Waals surface area (Å²) in [5.41, 5.74) is 1.17. The lowest BCUT2D eigenvalue weighted by Crippen LogP contribution is -2.39. The molecular formula is C22H24FN3O3S. The van der Waals surface area contributed by atoms with E-state index < -0.39 is 10.0 Å². The van der Waals surface area contributed by atoms with Crippen LogP contribution >= 0.6 is 0 Å². The normalized spacial score (nSPS) is 15.5. The number of carbonyl (C=O) groups is 1. The Bertz CT molecular complexity index is 1020. The maximum atomic E-state index is 13.3. The summed E-state index contributed by atoms with van der Waals surface area (Å²) in [6.45, 7) is 0.472. The molecule has 1 aliphatic carbocycles. The standard InChI is InChI=1S/C22H24FN3O3S/c23-19-8-6-18(7-9-19)22(12-1-2-13-22)16-25-21(27)17-4-10-20(11-5-17)30(28,29)26-15-3-14-24/h4-11,26H,1-3,12-13,15-16H2,(H,25,27). The Hall–Kier alpha value is -2.76. The summed E-state index contributed by atoms with van der Waals surface area (Å²) in [5, 5.41) is 11.5. The Balaban J connectivity index is 1.67. The van der Waals surface area contributed by atoms with E-state index in [1.165, 1.54) is 36.4 Å². The number of sulfonamides is 1. The molecule has 2 aromatic carbocycles. The minimum absolute atomic E-state index is 0.0343. The Morgan fingerprint density at radius 3 is 2.30 bits per heavy atom. The van der Waals surface area contributed by atoms with Crippen molar-refractivity contribution in [3.8, 4) is 6.07 Å². The topological polar surface area (TPSA) is 99.1 Å². The molecule has 0 aliphatic heterocycles. The molecule has 0 heterocycles. The number of rotatable bonds is 8. The fourth-order valence-electron chi connectivity index (χ4n) is 3.88. The van der Waals surface area contributed by atoms with Crippen LogP contribution in [0.2, 0.25) is 0 Å². The van der Waals surface area contributed by atoms with Gasteiger partial charge in [0.2, 0.25) is 10.0 Å². The largest absolute Gasteiger partial charge is 0.351 e. The van der Waals surface area contributed by atoms with E-state index in [-0.39, 0.29) is 35.0 Å². The number of amides is 1. The quantitative estimate of drug-likeness (QED) is 0.629. The third kappa shape index (κ3) is 5.04. The van der Waals surface area contributed by atoms with Crippen molar-refractivity contribution in [3.63, 3.8) is 0 Å². The molecular weight excluding hydrogens is 405 g/mol. The molecule has 0 radical (unpaired) electrons. The van der Waals surface area contributed by atoms with Gasteiger partial charge in [-0.05, 0) is 54.8 Å². The van der Waals surface area contributed by atoms with Crippen molar-refractivity contribution in [1.82, 2.24) is 10.0 Å². The van der Waals surface area contributed by atoms with E-state index in [4.69, 9.17) is 5.26 Å². The van der Waals surface area contributed by atoms with Gasteiger partial charge >= 0.3 is 0 Å². The number of benzene rings is 2. The summed E-state index contributed by atoms with van der Waals surface area (Å²) in [7, 11) is -3.71. The van der Waals surface area contributed by atoms with Crippen molar-refractivity contribution < 1.29 is 17.6 Å². The van der Waals surface area contributed by atoms with Crippen molar-refractivity contribution in [2.75, 3.05) is 13.1 Å². The molecule has 0 unspecified atom stereocenters. The predicted octanol–water partition coefficient (Wildman–Crippen LogP) is 3.26. The van der Waals surface area contributed by atoms with Gasteiger partial charge in [0.1, 0.15) is 5.82 Å². The average Bonchev–Trinajstić information content (AvgIpc) is 3.23. The van der Waals surface area contributed by atoms with Crippen molar-refractivity contribution in [3.05, 3.63) is 65.5 Å². The highest BCUT2D eigenvalue weighted by molar-refractivity contribution is 7.89. The van der Waals surface area contributed by atoms with Crippen LogP contribution in [0.5, 0.6) is 0 Å². The molecule has 0 spiro atoms. The third-order valence-electron chi connectivity index (χ3n) is 5.56. The zero-order chi connectivity index (χ0) is 21.6. The zero-order valence-corrected chi connectivity index (χ0v) is 17.3. The fraction of sp³-hybridized carbons (Fsp3) is 0.364. The lowest BCUT2D eigenvalue weighted by molar-refractivity contribution is 0.0943. The lowest BCUT2D eigenvalue weighted by atomic mass is 9.78. The molecule has 6 nitrogen and oxygen atoms in total. The summed E-state index contributed by atoms with van der Waals surface area (Å²) >= 11 is 0. The molecule has 30 heavy (non-hydrogen) atoms. The van der Waals surface area contributed by atoms with Crippen LogP contribution in [-0.2, 0) is 15.4 Å². The molecule has 158 valence electrons. The zero-order valence-electron chi connectivity index (χ0n) is 16.5. The van der Waals surface area contributed by atoms with Crippen molar-refractivity contribution in [1.29, 1.82) is 5.26 Å². The number of carbonyl (C=O) groups excluding carboxylic acids is 1. The number of nitrogens with zero attached hydrogens (tertiary/aromatic N) is 1. The lowest BCUT2D eigenvalue weighted by Gasteiger charge is -2.30. The summed E-state index contributed by atoms with van der Waals surface area (Å²) in [6, 6.07) is 14.0. The third-order valence-corrected chi connectivity index (χ3v) is 7.04. The van der Waals surface area contributed by atoms with Crippen LogP contribution in [0.1, 0.15) is 48.0 Å². The minimum atomic E-state index is -3.71. The monoisotopic (exact) mass is 429 g/mol. The molecule has 3 rings (SSSR count). The van der Waals surface area contributed by atoms with Gasteiger partial charge in [-0.15, -0.1) is 0 Å². The second-order valence-corrected chi connectivity index (χ2v) is 9.27. The van der Waals surface area contributed by atoms with Crippen LogP contribution in [0.3, 0.4) is 0 Å². The molecule has 0 bridgehead atoms. The first-order valence-electron chi connectivity index (χ1n) is 9.87. The molecule has 2 aromatic rings. The van der Waals surface area contributed by atoms with Gasteiger partial charge in [0.15, 0.2) is 0 Å². The SMILES string of the molecule is N#CCCNS(=O)(=O)c1ccc(C(=O)NCC2(c3ccc(F)cc3)CCCC2)cc1. The van der Waals surface area contributed by atoms with E-state index >= 15 is 0 Å². The van der Waals surface area contributed by atoms with Gasteiger partial charge < -0.3 is 5.32 Å². The maximum Gasteiger partial charge on any atom is 0.251 e. The van der Waals surface area contributed by atoms with Crippen molar-refractivity contribution in [2.24, 2.45) is 0 Å². The molecule has 1 aliphatic rings. The van der Waals surface area contributed by atoms with Gasteiger partial charge in [-0.3, -0.25) is 4.79 Å². The first-order chi connectivity index (χ1) is 14.4. The van der Waals surface area contributed by atoms with Crippen molar-refractivity contribution in [2.45, 2.75) is 42.4 Å². The van der Waals surface area contributed by atoms with E-state index in [1.807, 2.05) is 6.07 Å². The van der Waals surface area contributed by atoms with E-state index in [9.17, 15) is 17.6 Å². The second-order valence-electron chi connectivity index (χ2n) is 7.51. The molecule has 1 fully saturated rings. The van der Waals surface area contributed by atoms with E-state index in [2.05, 4.69) is 10.0 Å². The Morgan fingerprint density at radius 2 is 1.70 bits per heavy atom. The highest BCUT2D eigenvalue weighted by atomic mass is 32.2. The molecule has 0 atom stereocenters. The fourth-order valence-corrected chi connectivity index (χ4v) is 4.92. The van der Waals surface area contributed by atoms with Crippen LogP contribution in [-0.4, -0.2) is 27.4 Å². The Kier molecular flexibility index (Phi) is 6.85. The number of halogens is 1. The molecule has 1 saturated carbocycles. The molecule has 2 N–H and O–H groups in total. The first-order valence-corrected chi connectivity index (χ1v) is 11.4.